The van der Waals surface area contributed by atoms with Crippen LogP contribution >= 0.6 is 0 Å². The SMILES string of the molecule is FC(F)(F)c1ccccc1-c1cc2c(nn1)CCCCC2. The molecular weight excluding hydrogens is 277 g/mol. The highest BCUT2D eigenvalue weighted by Crippen LogP contribution is 2.36. The lowest BCUT2D eigenvalue weighted by molar-refractivity contribution is -0.137. The van der Waals surface area contributed by atoms with E-state index in [-0.39, 0.29) is 5.56 Å². The van der Waals surface area contributed by atoms with Crippen molar-refractivity contribution >= 4 is 0 Å². The van der Waals surface area contributed by atoms with Gasteiger partial charge in [0.1, 0.15) is 0 Å². The van der Waals surface area contributed by atoms with Crippen molar-refractivity contribution in [3.05, 3.63) is 47.2 Å². The van der Waals surface area contributed by atoms with Crippen LogP contribution in [0.1, 0.15) is 36.1 Å². The number of hydrogen-bond acceptors (Lipinski definition) is 2. The minimum Gasteiger partial charge on any atom is -0.166 e. The third kappa shape index (κ3) is 2.91. The fourth-order valence-electron chi connectivity index (χ4n) is 2.75. The molecule has 2 aromatic rings. The van der Waals surface area contributed by atoms with Gasteiger partial charge in [0.05, 0.1) is 17.0 Å². The van der Waals surface area contributed by atoms with Crippen molar-refractivity contribution in [1.29, 1.82) is 0 Å². The van der Waals surface area contributed by atoms with Gasteiger partial charge in [0.2, 0.25) is 0 Å². The van der Waals surface area contributed by atoms with Crippen LogP contribution in [0.25, 0.3) is 11.3 Å². The fourth-order valence-corrected chi connectivity index (χ4v) is 2.75. The Bertz CT molecular complexity index is 650. The molecule has 0 bridgehead atoms. The highest BCUT2D eigenvalue weighted by atomic mass is 19.4. The molecule has 1 aliphatic carbocycles. The Labute approximate surface area is 121 Å². The zero-order valence-corrected chi connectivity index (χ0v) is 11.5. The van der Waals surface area contributed by atoms with E-state index in [9.17, 15) is 13.2 Å². The van der Waals surface area contributed by atoms with E-state index < -0.39 is 11.7 Å². The molecule has 0 unspecified atom stereocenters. The molecule has 0 amide bonds. The summed E-state index contributed by atoms with van der Waals surface area (Å²) in [6.07, 6.45) is 0.602. The van der Waals surface area contributed by atoms with Gasteiger partial charge in [0.25, 0.3) is 0 Å². The van der Waals surface area contributed by atoms with E-state index in [1.807, 2.05) is 0 Å². The minimum absolute atomic E-state index is 0.101. The molecule has 0 saturated carbocycles. The average molecular weight is 292 g/mol. The van der Waals surface area contributed by atoms with Crippen LogP contribution in [0.3, 0.4) is 0 Å². The number of nitrogens with zero attached hydrogens (tertiary/aromatic N) is 2. The van der Waals surface area contributed by atoms with Crippen LogP contribution < -0.4 is 0 Å². The summed E-state index contributed by atoms with van der Waals surface area (Å²) in [6.45, 7) is 0. The average Bonchev–Trinajstić information content (AvgIpc) is 2.70. The fraction of sp³-hybridized carbons (Fsp3) is 0.375. The van der Waals surface area contributed by atoms with Crippen LogP contribution in [0.4, 0.5) is 13.2 Å². The number of alkyl halides is 3. The molecule has 0 N–H and O–H groups in total. The van der Waals surface area contributed by atoms with Crippen molar-refractivity contribution in [2.75, 3.05) is 0 Å². The lowest BCUT2D eigenvalue weighted by Gasteiger charge is -2.13. The van der Waals surface area contributed by atoms with Gasteiger partial charge in [-0.05, 0) is 43.4 Å². The Morgan fingerprint density at radius 3 is 2.48 bits per heavy atom. The molecular formula is C16H15F3N2. The van der Waals surface area contributed by atoms with Crippen LogP contribution in [0.2, 0.25) is 0 Å². The molecule has 0 saturated heterocycles. The Morgan fingerprint density at radius 2 is 1.67 bits per heavy atom. The highest BCUT2D eigenvalue weighted by Gasteiger charge is 2.33. The summed E-state index contributed by atoms with van der Waals surface area (Å²) in [4.78, 5) is 0. The van der Waals surface area contributed by atoms with Gasteiger partial charge < -0.3 is 0 Å². The van der Waals surface area contributed by atoms with E-state index in [1.54, 1.807) is 12.1 Å². The first-order valence-corrected chi connectivity index (χ1v) is 7.08. The maximum absolute atomic E-state index is 13.1. The zero-order chi connectivity index (χ0) is 14.9. The smallest absolute Gasteiger partial charge is 0.166 e. The predicted molar refractivity (Wildman–Crippen MR) is 73.7 cm³/mol. The molecule has 0 spiro atoms. The Hall–Kier alpha value is -1.91. The normalized spacial score (nSPS) is 15.4. The van der Waals surface area contributed by atoms with Crippen LogP contribution in [0, 0.1) is 0 Å². The van der Waals surface area contributed by atoms with Gasteiger partial charge in [0, 0.05) is 5.56 Å². The number of rotatable bonds is 1. The van der Waals surface area contributed by atoms with E-state index >= 15 is 0 Å². The van der Waals surface area contributed by atoms with Gasteiger partial charge in [-0.15, -0.1) is 0 Å². The predicted octanol–water partition coefficient (Wildman–Crippen LogP) is 4.43. The number of aryl methyl sites for hydroxylation is 2. The maximum atomic E-state index is 13.1. The first-order chi connectivity index (χ1) is 10.1. The Morgan fingerprint density at radius 1 is 0.905 bits per heavy atom. The quantitative estimate of drug-likeness (QED) is 0.727. The van der Waals surface area contributed by atoms with Crippen molar-refractivity contribution in [2.45, 2.75) is 38.3 Å². The monoisotopic (exact) mass is 292 g/mol. The first kappa shape index (κ1) is 14.0. The van der Waals surface area contributed by atoms with Gasteiger partial charge in [-0.2, -0.15) is 23.4 Å². The van der Waals surface area contributed by atoms with Crippen molar-refractivity contribution < 1.29 is 13.2 Å². The number of halogens is 3. The molecule has 1 heterocycles. The third-order valence-electron chi connectivity index (χ3n) is 3.83. The summed E-state index contributed by atoms with van der Waals surface area (Å²) in [7, 11) is 0. The van der Waals surface area contributed by atoms with Gasteiger partial charge >= 0.3 is 6.18 Å². The molecule has 5 heteroatoms. The van der Waals surface area contributed by atoms with Crippen molar-refractivity contribution in [3.63, 3.8) is 0 Å². The summed E-state index contributed by atoms with van der Waals surface area (Å²) in [6, 6.07) is 7.30. The number of aromatic nitrogens is 2. The summed E-state index contributed by atoms with van der Waals surface area (Å²) < 4.78 is 39.3. The van der Waals surface area contributed by atoms with Gasteiger partial charge in [-0.3, -0.25) is 0 Å². The molecule has 2 nitrogen and oxygen atoms in total. The van der Waals surface area contributed by atoms with Crippen molar-refractivity contribution in [1.82, 2.24) is 10.2 Å². The minimum atomic E-state index is -4.38. The van der Waals surface area contributed by atoms with Crippen LogP contribution in [-0.4, -0.2) is 10.2 Å². The second kappa shape index (κ2) is 5.47. The first-order valence-electron chi connectivity index (χ1n) is 7.08. The molecule has 0 radical (unpaired) electrons. The van der Waals surface area contributed by atoms with Crippen molar-refractivity contribution in [3.8, 4) is 11.3 Å². The topological polar surface area (TPSA) is 25.8 Å². The van der Waals surface area contributed by atoms with E-state index in [0.717, 1.165) is 49.4 Å². The second-order valence-electron chi connectivity index (χ2n) is 5.31. The van der Waals surface area contributed by atoms with E-state index in [2.05, 4.69) is 10.2 Å². The second-order valence-corrected chi connectivity index (χ2v) is 5.31. The lowest BCUT2D eigenvalue weighted by atomic mass is 10.0. The summed E-state index contributed by atoms with van der Waals surface area (Å²) in [5.41, 5.74) is 1.72. The lowest BCUT2D eigenvalue weighted by Crippen LogP contribution is -2.08. The van der Waals surface area contributed by atoms with E-state index in [4.69, 9.17) is 0 Å². The van der Waals surface area contributed by atoms with Crippen LogP contribution in [0.5, 0.6) is 0 Å². The maximum Gasteiger partial charge on any atom is 0.417 e. The number of benzene rings is 1. The molecule has 110 valence electrons. The Kier molecular flexibility index (Phi) is 3.66. The molecule has 0 aliphatic heterocycles. The van der Waals surface area contributed by atoms with Gasteiger partial charge in [-0.25, -0.2) is 0 Å². The third-order valence-corrected chi connectivity index (χ3v) is 3.83. The molecule has 1 aliphatic rings. The van der Waals surface area contributed by atoms with Crippen LogP contribution in [0.15, 0.2) is 30.3 Å². The van der Waals surface area contributed by atoms with E-state index in [1.165, 1.54) is 12.1 Å². The van der Waals surface area contributed by atoms with Crippen molar-refractivity contribution in [2.24, 2.45) is 0 Å². The van der Waals surface area contributed by atoms with E-state index in [0.29, 0.717) is 5.69 Å². The largest absolute Gasteiger partial charge is 0.417 e. The highest BCUT2D eigenvalue weighted by molar-refractivity contribution is 5.64. The summed E-state index contributed by atoms with van der Waals surface area (Å²) in [5.74, 6) is 0. The van der Waals surface area contributed by atoms with Crippen LogP contribution in [-0.2, 0) is 19.0 Å². The molecule has 1 aromatic carbocycles. The molecule has 0 atom stereocenters. The molecule has 21 heavy (non-hydrogen) atoms. The molecule has 0 fully saturated rings. The van der Waals surface area contributed by atoms with Gasteiger partial charge in [-0.1, -0.05) is 24.6 Å². The molecule has 1 aromatic heterocycles. The van der Waals surface area contributed by atoms with Gasteiger partial charge in [0.15, 0.2) is 0 Å². The molecule has 3 rings (SSSR count). The number of fused-ring (bicyclic) bond motifs is 1. The number of hydrogen-bond donors (Lipinski definition) is 0. The summed E-state index contributed by atoms with van der Waals surface area (Å²) in [5, 5.41) is 8.19. The standard InChI is InChI=1S/C16H15F3N2/c17-16(18,19)13-8-5-4-7-12(13)15-10-11-6-2-1-3-9-14(11)20-21-15/h4-5,7-8,10H,1-3,6,9H2. The summed E-state index contributed by atoms with van der Waals surface area (Å²) >= 11 is 0. The Balaban J connectivity index is 2.08. The zero-order valence-electron chi connectivity index (χ0n) is 11.5.